The molecule has 2 atom stereocenters. The zero-order valence-electron chi connectivity index (χ0n) is 15.3. The highest BCUT2D eigenvalue weighted by Gasteiger charge is 2.39. The molecule has 22 heavy (non-hydrogen) atoms. The van der Waals surface area contributed by atoms with E-state index in [1.54, 1.807) is 0 Å². The fourth-order valence-electron chi connectivity index (χ4n) is 2.10. The van der Waals surface area contributed by atoms with Gasteiger partial charge in [-0.15, -0.1) is 11.8 Å². The van der Waals surface area contributed by atoms with Crippen LogP contribution in [0.4, 0.5) is 0 Å². The Morgan fingerprint density at radius 3 is 2.50 bits per heavy atom. The van der Waals surface area contributed by atoms with Crippen LogP contribution in [-0.2, 0) is 13.9 Å². The van der Waals surface area contributed by atoms with Crippen LogP contribution in [0.2, 0.25) is 18.1 Å². The molecule has 1 aliphatic rings. The van der Waals surface area contributed by atoms with Crippen LogP contribution in [0.5, 0.6) is 0 Å². The molecule has 0 amide bonds. The number of rotatable bonds is 6. The fourth-order valence-corrected chi connectivity index (χ4v) is 3.43. The maximum atomic E-state index is 6.50. The van der Waals surface area contributed by atoms with Crippen molar-refractivity contribution in [3.8, 4) is 11.8 Å². The lowest BCUT2D eigenvalue weighted by molar-refractivity contribution is -0.173. The lowest BCUT2D eigenvalue weighted by Gasteiger charge is -2.39. The summed E-state index contributed by atoms with van der Waals surface area (Å²) in [6.45, 7) is 14.8. The van der Waals surface area contributed by atoms with E-state index < -0.39 is 8.32 Å². The molecule has 1 saturated heterocycles. The summed E-state index contributed by atoms with van der Waals surface area (Å²) in [6, 6.07) is 0. The summed E-state index contributed by atoms with van der Waals surface area (Å²) in [6.07, 6.45) is 4.95. The Kier molecular flexibility index (Phi) is 8.13. The fraction of sp³-hybridized carbons (Fsp3) is 0.889. The smallest absolute Gasteiger partial charge is 0.192 e. The van der Waals surface area contributed by atoms with Gasteiger partial charge in [-0.05, 0) is 37.4 Å². The van der Waals surface area contributed by atoms with Crippen molar-refractivity contribution < 1.29 is 13.9 Å². The molecule has 0 spiro atoms. The van der Waals surface area contributed by atoms with Crippen molar-refractivity contribution in [2.75, 3.05) is 13.2 Å². The highest BCUT2D eigenvalue weighted by Crippen LogP contribution is 2.37. The largest absolute Gasteiger partial charge is 0.411 e. The van der Waals surface area contributed by atoms with Crippen molar-refractivity contribution in [1.29, 1.82) is 0 Å². The first kappa shape index (κ1) is 19.7. The normalized spacial score (nSPS) is 21.1. The molecule has 0 aromatic carbocycles. The van der Waals surface area contributed by atoms with Crippen molar-refractivity contribution in [2.24, 2.45) is 0 Å². The van der Waals surface area contributed by atoms with Crippen LogP contribution in [0.25, 0.3) is 0 Å². The first-order valence-electron chi connectivity index (χ1n) is 8.63. The summed E-state index contributed by atoms with van der Waals surface area (Å²) >= 11 is 0. The average molecular weight is 327 g/mol. The highest BCUT2D eigenvalue weighted by atomic mass is 28.4. The van der Waals surface area contributed by atoms with Crippen LogP contribution in [0, 0.1) is 11.8 Å². The van der Waals surface area contributed by atoms with Gasteiger partial charge in [0.1, 0.15) is 0 Å². The van der Waals surface area contributed by atoms with Gasteiger partial charge >= 0.3 is 0 Å². The van der Waals surface area contributed by atoms with E-state index in [0.29, 0.717) is 6.61 Å². The molecule has 0 aliphatic carbocycles. The number of ether oxygens (including phenoxy) is 2. The van der Waals surface area contributed by atoms with Crippen molar-refractivity contribution in [2.45, 2.75) is 90.3 Å². The summed E-state index contributed by atoms with van der Waals surface area (Å²) < 4.78 is 18.1. The summed E-state index contributed by atoms with van der Waals surface area (Å²) in [5, 5.41) is 0.199. The van der Waals surface area contributed by atoms with Gasteiger partial charge in [0, 0.05) is 19.4 Å². The Bertz CT molecular complexity index is 370. The van der Waals surface area contributed by atoms with E-state index in [0.717, 1.165) is 32.3 Å². The lowest BCUT2D eigenvalue weighted by atomic mass is 10.2. The molecule has 0 aromatic heterocycles. The minimum atomic E-state index is -1.80. The quantitative estimate of drug-likeness (QED) is 0.522. The second kappa shape index (κ2) is 9.07. The van der Waals surface area contributed by atoms with Gasteiger partial charge in [0.2, 0.25) is 0 Å². The van der Waals surface area contributed by atoms with Crippen molar-refractivity contribution in [3.05, 3.63) is 0 Å². The minimum absolute atomic E-state index is 0.0467. The Morgan fingerprint density at radius 1 is 1.23 bits per heavy atom. The number of hydrogen-bond donors (Lipinski definition) is 0. The van der Waals surface area contributed by atoms with Crippen LogP contribution in [0.1, 0.15) is 59.8 Å². The van der Waals surface area contributed by atoms with Crippen LogP contribution in [-0.4, -0.2) is 33.9 Å². The Hall–Kier alpha value is -0.343. The first-order chi connectivity index (χ1) is 10.3. The third-order valence-electron chi connectivity index (χ3n) is 4.50. The van der Waals surface area contributed by atoms with Gasteiger partial charge in [-0.3, -0.25) is 0 Å². The van der Waals surface area contributed by atoms with Crippen LogP contribution >= 0.6 is 0 Å². The van der Waals surface area contributed by atoms with Crippen LogP contribution in [0.3, 0.4) is 0 Å². The van der Waals surface area contributed by atoms with Crippen molar-refractivity contribution in [3.63, 3.8) is 0 Å². The molecule has 0 saturated carbocycles. The topological polar surface area (TPSA) is 27.7 Å². The van der Waals surface area contributed by atoms with Crippen molar-refractivity contribution in [1.82, 2.24) is 0 Å². The van der Waals surface area contributed by atoms with Crippen LogP contribution in [0.15, 0.2) is 0 Å². The van der Waals surface area contributed by atoms with Gasteiger partial charge in [0.05, 0.1) is 12.7 Å². The van der Waals surface area contributed by atoms with E-state index in [1.165, 1.54) is 6.42 Å². The van der Waals surface area contributed by atoms with Gasteiger partial charge < -0.3 is 13.9 Å². The van der Waals surface area contributed by atoms with Gasteiger partial charge in [-0.2, -0.15) is 0 Å². The molecular weight excluding hydrogens is 292 g/mol. The summed E-state index contributed by atoms with van der Waals surface area (Å²) in [4.78, 5) is 0. The molecule has 4 heteroatoms. The molecular formula is C18H34O3Si. The van der Waals surface area contributed by atoms with E-state index >= 15 is 0 Å². The molecule has 1 fully saturated rings. The SMILES string of the molecule is CCC#CCC(COC1CCCCO1)O[Si](C)(C)C(C)(C)C. The zero-order chi connectivity index (χ0) is 16.6. The summed E-state index contributed by atoms with van der Waals surface area (Å²) in [7, 11) is -1.80. The van der Waals surface area contributed by atoms with E-state index in [2.05, 4.69) is 52.6 Å². The molecule has 0 N–H and O–H groups in total. The maximum Gasteiger partial charge on any atom is 0.192 e. The Balaban J connectivity index is 2.58. The monoisotopic (exact) mass is 326 g/mol. The molecule has 0 radical (unpaired) electrons. The van der Waals surface area contributed by atoms with Gasteiger partial charge in [0.25, 0.3) is 0 Å². The molecule has 0 bridgehead atoms. The molecule has 128 valence electrons. The molecule has 1 aliphatic heterocycles. The second-order valence-electron chi connectivity index (χ2n) is 7.54. The van der Waals surface area contributed by atoms with Crippen LogP contribution < -0.4 is 0 Å². The minimum Gasteiger partial charge on any atom is -0.411 e. The Labute approximate surface area is 138 Å². The zero-order valence-corrected chi connectivity index (χ0v) is 16.3. The van der Waals surface area contributed by atoms with E-state index in [4.69, 9.17) is 13.9 Å². The summed E-state index contributed by atoms with van der Waals surface area (Å²) in [5.41, 5.74) is 0. The van der Waals surface area contributed by atoms with E-state index in [1.807, 2.05) is 0 Å². The van der Waals surface area contributed by atoms with E-state index in [9.17, 15) is 0 Å². The van der Waals surface area contributed by atoms with Gasteiger partial charge in [0.15, 0.2) is 14.6 Å². The molecule has 2 unspecified atom stereocenters. The molecule has 1 heterocycles. The van der Waals surface area contributed by atoms with E-state index in [-0.39, 0.29) is 17.4 Å². The predicted octanol–water partition coefficient (Wildman–Crippen LogP) is 4.72. The summed E-state index contributed by atoms with van der Waals surface area (Å²) in [5.74, 6) is 6.36. The lowest BCUT2D eigenvalue weighted by Crippen LogP contribution is -2.45. The highest BCUT2D eigenvalue weighted by molar-refractivity contribution is 6.74. The first-order valence-corrected chi connectivity index (χ1v) is 11.5. The van der Waals surface area contributed by atoms with Gasteiger partial charge in [-0.1, -0.05) is 27.7 Å². The third-order valence-corrected chi connectivity index (χ3v) is 9.04. The standard InChI is InChI=1S/C18H34O3Si/c1-7-8-9-12-16(21-22(5,6)18(2,3)4)15-20-17-13-10-11-14-19-17/h16-17H,7,10-15H2,1-6H3. The Morgan fingerprint density at radius 2 is 1.95 bits per heavy atom. The van der Waals surface area contributed by atoms with Gasteiger partial charge in [-0.25, -0.2) is 0 Å². The molecule has 1 rings (SSSR count). The maximum absolute atomic E-state index is 6.50. The number of hydrogen-bond acceptors (Lipinski definition) is 3. The molecule has 3 nitrogen and oxygen atoms in total. The molecule has 0 aromatic rings. The predicted molar refractivity (Wildman–Crippen MR) is 94.3 cm³/mol. The van der Waals surface area contributed by atoms with Crippen molar-refractivity contribution >= 4 is 8.32 Å². The third kappa shape index (κ3) is 6.83. The average Bonchev–Trinajstić information content (AvgIpc) is 2.44. The second-order valence-corrected chi connectivity index (χ2v) is 12.3.